The maximum Gasteiger partial charge on any atom is 0.123 e. The van der Waals surface area contributed by atoms with Crippen LogP contribution in [0.15, 0.2) is 18.2 Å². The molecule has 2 atom stereocenters. The number of methoxy groups -OCH3 is 2. The van der Waals surface area contributed by atoms with Crippen LogP contribution < -0.4 is 15.2 Å². The summed E-state index contributed by atoms with van der Waals surface area (Å²) in [4.78, 5) is 0. The molecule has 0 saturated heterocycles. The second-order valence-corrected chi connectivity index (χ2v) is 5.17. The molecule has 0 aromatic heterocycles. The summed E-state index contributed by atoms with van der Waals surface area (Å²) in [6, 6.07) is 4.98. The number of nitrogens with two attached hydrogens (primary N) is 1. The van der Waals surface area contributed by atoms with E-state index in [1.54, 1.807) is 14.2 Å². The summed E-state index contributed by atoms with van der Waals surface area (Å²) < 4.78 is 10.5. The molecule has 108 valence electrons. The summed E-state index contributed by atoms with van der Waals surface area (Å²) >= 11 is 0. The molecule has 0 aliphatic heterocycles. The molecule has 1 aromatic rings. The van der Waals surface area contributed by atoms with Gasteiger partial charge in [0.15, 0.2) is 0 Å². The van der Waals surface area contributed by atoms with E-state index in [0.717, 1.165) is 12.0 Å². The standard InChI is InChI=1S/C15H25NO3/c1-10(2)5-7-13(17)15(16)12-9-11(18-3)6-8-14(12)19-4/h6,8-10,13,15,17H,5,7,16H2,1-4H3/t13-,15+/m1/s1. The fourth-order valence-electron chi connectivity index (χ4n) is 1.99. The van der Waals surface area contributed by atoms with Crippen molar-refractivity contribution in [2.24, 2.45) is 11.7 Å². The van der Waals surface area contributed by atoms with E-state index >= 15 is 0 Å². The molecule has 4 heteroatoms. The van der Waals surface area contributed by atoms with Crippen molar-refractivity contribution in [2.75, 3.05) is 14.2 Å². The molecule has 1 rings (SSSR count). The number of aliphatic hydroxyl groups is 1. The minimum absolute atomic E-state index is 0.469. The Bertz CT molecular complexity index is 393. The van der Waals surface area contributed by atoms with Gasteiger partial charge in [-0.25, -0.2) is 0 Å². The van der Waals surface area contributed by atoms with Crippen molar-refractivity contribution >= 4 is 0 Å². The van der Waals surface area contributed by atoms with Gasteiger partial charge in [0.2, 0.25) is 0 Å². The summed E-state index contributed by atoms with van der Waals surface area (Å²) in [7, 11) is 3.20. The van der Waals surface area contributed by atoms with Gasteiger partial charge < -0.3 is 20.3 Å². The van der Waals surface area contributed by atoms with Gasteiger partial charge in [-0.15, -0.1) is 0 Å². The number of rotatable bonds is 7. The normalized spacial score (nSPS) is 14.3. The fraction of sp³-hybridized carbons (Fsp3) is 0.600. The summed E-state index contributed by atoms with van der Waals surface area (Å²) in [6.45, 7) is 4.26. The SMILES string of the molecule is COc1ccc(OC)c([C@H](N)[C@H](O)CCC(C)C)c1. The summed E-state index contributed by atoms with van der Waals surface area (Å²) in [5, 5.41) is 10.2. The number of ether oxygens (including phenoxy) is 2. The largest absolute Gasteiger partial charge is 0.497 e. The lowest BCUT2D eigenvalue weighted by Gasteiger charge is -2.22. The molecular formula is C15H25NO3. The van der Waals surface area contributed by atoms with Crippen molar-refractivity contribution < 1.29 is 14.6 Å². The highest BCUT2D eigenvalue weighted by atomic mass is 16.5. The monoisotopic (exact) mass is 267 g/mol. The van der Waals surface area contributed by atoms with Crippen LogP contribution in [0.25, 0.3) is 0 Å². The van der Waals surface area contributed by atoms with Gasteiger partial charge in [0, 0.05) is 5.56 Å². The van der Waals surface area contributed by atoms with E-state index < -0.39 is 12.1 Å². The smallest absolute Gasteiger partial charge is 0.123 e. The Kier molecular flexibility index (Phi) is 6.12. The predicted octanol–water partition coefficient (Wildman–Crippen LogP) is 2.50. The highest BCUT2D eigenvalue weighted by Crippen LogP contribution is 2.31. The molecular weight excluding hydrogens is 242 g/mol. The number of hydrogen-bond acceptors (Lipinski definition) is 4. The van der Waals surface area contributed by atoms with Gasteiger partial charge in [0.1, 0.15) is 11.5 Å². The van der Waals surface area contributed by atoms with Crippen LogP contribution in [0.3, 0.4) is 0 Å². The summed E-state index contributed by atoms with van der Waals surface area (Å²) in [5.41, 5.74) is 6.92. The molecule has 0 aliphatic rings. The quantitative estimate of drug-likeness (QED) is 0.796. The third-order valence-corrected chi connectivity index (χ3v) is 3.25. The minimum Gasteiger partial charge on any atom is -0.497 e. The number of benzene rings is 1. The Balaban J connectivity index is 2.87. The molecule has 0 heterocycles. The Hall–Kier alpha value is -1.26. The van der Waals surface area contributed by atoms with Gasteiger partial charge in [0.25, 0.3) is 0 Å². The van der Waals surface area contributed by atoms with Crippen LogP contribution in [0.1, 0.15) is 38.3 Å². The second-order valence-electron chi connectivity index (χ2n) is 5.17. The Morgan fingerprint density at radius 3 is 2.37 bits per heavy atom. The fourth-order valence-corrected chi connectivity index (χ4v) is 1.99. The highest BCUT2D eigenvalue weighted by molar-refractivity contribution is 5.42. The summed E-state index contributed by atoms with van der Waals surface area (Å²) in [5.74, 6) is 1.94. The van der Waals surface area contributed by atoms with Gasteiger partial charge in [0.05, 0.1) is 26.4 Å². The predicted molar refractivity (Wildman–Crippen MR) is 76.6 cm³/mol. The van der Waals surface area contributed by atoms with Crippen LogP contribution in [-0.2, 0) is 0 Å². The molecule has 1 aromatic carbocycles. The molecule has 0 fully saturated rings. The average Bonchev–Trinajstić information content (AvgIpc) is 2.42. The number of aliphatic hydroxyl groups excluding tert-OH is 1. The third kappa shape index (κ3) is 4.40. The van der Waals surface area contributed by atoms with Crippen molar-refractivity contribution in [3.05, 3.63) is 23.8 Å². The first kappa shape index (κ1) is 15.8. The maximum absolute atomic E-state index is 10.2. The first-order valence-electron chi connectivity index (χ1n) is 6.65. The van der Waals surface area contributed by atoms with E-state index in [9.17, 15) is 5.11 Å². The highest BCUT2D eigenvalue weighted by Gasteiger charge is 2.21. The van der Waals surface area contributed by atoms with Crippen molar-refractivity contribution in [2.45, 2.75) is 38.8 Å². The molecule has 4 nitrogen and oxygen atoms in total. The molecule has 0 unspecified atom stereocenters. The van der Waals surface area contributed by atoms with Crippen LogP contribution in [-0.4, -0.2) is 25.4 Å². The molecule has 0 bridgehead atoms. The average molecular weight is 267 g/mol. The summed E-state index contributed by atoms with van der Waals surface area (Å²) in [6.07, 6.45) is 1.05. The van der Waals surface area contributed by atoms with E-state index in [1.807, 2.05) is 18.2 Å². The molecule has 19 heavy (non-hydrogen) atoms. The van der Waals surface area contributed by atoms with Gasteiger partial charge in [-0.2, -0.15) is 0 Å². The molecule has 0 amide bonds. The first-order chi connectivity index (χ1) is 8.99. The van der Waals surface area contributed by atoms with E-state index in [2.05, 4.69) is 13.8 Å². The third-order valence-electron chi connectivity index (χ3n) is 3.25. The molecule has 0 radical (unpaired) electrons. The molecule has 3 N–H and O–H groups in total. The van der Waals surface area contributed by atoms with Crippen LogP contribution in [0, 0.1) is 5.92 Å². The van der Waals surface area contributed by atoms with Crippen LogP contribution in [0.5, 0.6) is 11.5 Å². The number of hydrogen-bond donors (Lipinski definition) is 2. The van der Waals surface area contributed by atoms with E-state index in [-0.39, 0.29) is 0 Å². The second kappa shape index (κ2) is 7.36. The van der Waals surface area contributed by atoms with Crippen LogP contribution >= 0.6 is 0 Å². The molecule has 0 aliphatic carbocycles. The van der Waals surface area contributed by atoms with Gasteiger partial charge >= 0.3 is 0 Å². The molecule has 0 saturated carbocycles. The first-order valence-corrected chi connectivity index (χ1v) is 6.65. The van der Waals surface area contributed by atoms with Crippen molar-refractivity contribution in [1.29, 1.82) is 0 Å². The Morgan fingerprint density at radius 1 is 1.16 bits per heavy atom. The zero-order chi connectivity index (χ0) is 14.4. The minimum atomic E-state index is -0.580. The lowest BCUT2D eigenvalue weighted by molar-refractivity contribution is 0.127. The topological polar surface area (TPSA) is 64.7 Å². The zero-order valence-corrected chi connectivity index (χ0v) is 12.2. The van der Waals surface area contributed by atoms with Gasteiger partial charge in [-0.1, -0.05) is 13.8 Å². The van der Waals surface area contributed by atoms with Crippen molar-refractivity contribution in [1.82, 2.24) is 0 Å². The van der Waals surface area contributed by atoms with E-state index in [1.165, 1.54) is 0 Å². The van der Waals surface area contributed by atoms with Crippen LogP contribution in [0.2, 0.25) is 0 Å². The zero-order valence-electron chi connectivity index (χ0n) is 12.2. The van der Waals surface area contributed by atoms with Gasteiger partial charge in [-0.05, 0) is 37.0 Å². The van der Waals surface area contributed by atoms with E-state index in [0.29, 0.717) is 23.8 Å². The Labute approximate surface area is 115 Å². The molecule has 0 spiro atoms. The Morgan fingerprint density at radius 2 is 1.84 bits per heavy atom. The lowest BCUT2D eigenvalue weighted by Crippen LogP contribution is -2.27. The van der Waals surface area contributed by atoms with Crippen LogP contribution in [0.4, 0.5) is 0 Å². The lowest BCUT2D eigenvalue weighted by atomic mass is 9.95. The van der Waals surface area contributed by atoms with Crippen molar-refractivity contribution in [3.63, 3.8) is 0 Å². The van der Waals surface area contributed by atoms with E-state index in [4.69, 9.17) is 15.2 Å². The van der Waals surface area contributed by atoms with Gasteiger partial charge in [-0.3, -0.25) is 0 Å². The maximum atomic E-state index is 10.2. The van der Waals surface area contributed by atoms with Crippen molar-refractivity contribution in [3.8, 4) is 11.5 Å².